The Morgan fingerprint density at radius 3 is 1.95 bits per heavy atom. The second-order valence-corrected chi connectivity index (χ2v) is 5.63. The van der Waals surface area contributed by atoms with Gasteiger partial charge in [-0.05, 0) is 25.7 Å². The predicted molar refractivity (Wildman–Crippen MR) is 74.9 cm³/mol. The van der Waals surface area contributed by atoms with Gasteiger partial charge in [-0.1, -0.05) is 46.0 Å². The molecule has 1 aliphatic rings. The van der Waals surface area contributed by atoms with Crippen LogP contribution < -0.4 is 5.32 Å². The normalized spacial score (nSPS) is 18.4. The summed E-state index contributed by atoms with van der Waals surface area (Å²) in [7, 11) is 0. The van der Waals surface area contributed by atoms with Gasteiger partial charge in [-0.2, -0.15) is 0 Å². The molecule has 0 unspecified atom stereocenters. The van der Waals surface area contributed by atoms with Crippen molar-refractivity contribution in [3.05, 3.63) is 0 Å². The molecule has 0 aromatic carbocycles. The fourth-order valence-electron chi connectivity index (χ4n) is 2.84. The molecule has 1 amide bonds. The van der Waals surface area contributed by atoms with Gasteiger partial charge in [-0.15, -0.1) is 0 Å². The van der Waals surface area contributed by atoms with Crippen LogP contribution in [0.25, 0.3) is 0 Å². The lowest BCUT2D eigenvalue weighted by atomic mass is 9.87. The summed E-state index contributed by atoms with van der Waals surface area (Å²) in [4.78, 5) is 23.7. The topological polar surface area (TPSA) is 66.4 Å². The number of carboxylic acid groups (broad SMARTS) is 1. The number of nitrogens with one attached hydrogen (secondary N) is 1. The molecule has 0 spiro atoms. The average molecular weight is 269 g/mol. The molecule has 0 atom stereocenters. The average Bonchev–Trinajstić information content (AvgIpc) is 2.35. The number of carboxylic acids is 1. The van der Waals surface area contributed by atoms with Crippen LogP contribution in [0.1, 0.15) is 71.6 Å². The van der Waals surface area contributed by atoms with Gasteiger partial charge in [-0.3, -0.25) is 4.79 Å². The summed E-state index contributed by atoms with van der Waals surface area (Å²) in [6.07, 6.45) is 8.45. The zero-order valence-electron chi connectivity index (χ0n) is 12.2. The third-order valence-electron chi connectivity index (χ3n) is 4.45. The van der Waals surface area contributed by atoms with Crippen molar-refractivity contribution in [1.29, 1.82) is 0 Å². The molecular weight excluding hydrogens is 242 g/mol. The minimum atomic E-state index is -1.08. The molecule has 2 N–H and O–H groups in total. The zero-order chi connectivity index (χ0) is 14.3. The molecule has 0 aliphatic heterocycles. The van der Waals surface area contributed by atoms with E-state index >= 15 is 0 Å². The van der Waals surface area contributed by atoms with Gasteiger partial charge in [0, 0.05) is 5.92 Å². The third kappa shape index (κ3) is 4.22. The van der Waals surface area contributed by atoms with E-state index in [1.165, 1.54) is 19.3 Å². The van der Waals surface area contributed by atoms with E-state index in [1.807, 2.05) is 13.8 Å². The molecule has 4 heteroatoms. The summed E-state index contributed by atoms with van der Waals surface area (Å²) in [5.41, 5.74) is -1.08. The van der Waals surface area contributed by atoms with Crippen LogP contribution in [0.4, 0.5) is 0 Å². The van der Waals surface area contributed by atoms with Crippen LogP contribution >= 0.6 is 0 Å². The second-order valence-electron chi connectivity index (χ2n) is 5.63. The van der Waals surface area contributed by atoms with Gasteiger partial charge in [0.05, 0.1) is 0 Å². The van der Waals surface area contributed by atoms with Crippen LogP contribution in [0.15, 0.2) is 0 Å². The van der Waals surface area contributed by atoms with Gasteiger partial charge in [0.15, 0.2) is 0 Å². The Labute approximate surface area is 116 Å². The molecule has 0 aromatic heterocycles. The SMILES string of the molecule is CCC(CC)(NC(=O)C1CCCCCCC1)C(=O)O. The highest BCUT2D eigenvalue weighted by Gasteiger charge is 2.37. The van der Waals surface area contributed by atoms with Crippen molar-refractivity contribution in [3.8, 4) is 0 Å². The Morgan fingerprint density at radius 1 is 1.05 bits per heavy atom. The van der Waals surface area contributed by atoms with Crippen LogP contribution in [0.2, 0.25) is 0 Å². The van der Waals surface area contributed by atoms with E-state index in [-0.39, 0.29) is 11.8 Å². The smallest absolute Gasteiger partial charge is 0.329 e. The van der Waals surface area contributed by atoms with Crippen molar-refractivity contribution in [2.75, 3.05) is 0 Å². The lowest BCUT2D eigenvalue weighted by molar-refractivity contribution is -0.148. The maximum absolute atomic E-state index is 12.3. The van der Waals surface area contributed by atoms with Crippen molar-refractivity contribution in [1.82, 2.24) is 5.32 Å². The van der Waals surface area contributed by atoms with E-state index in [4.69, 9.17) is 0 Å². The monoisotopic (exact) mass is 269 g/mol. The molecule has 0 aromatic rings. The Hall–Kier alpha value is -1.06. The molecule has 1 aliphatic carbocycles. The van der Waals surface area contributed by atoms with Crippen LogP contribution in [0.3, 0.4) is 0 Å². The molecular formula is C15H27NO3. The van der Waals surface area contributed by atoms with Gasteiger partial charge in [0.2, 0.25) is 5.91 Å². The van der Waals surface area contributed by atoms with Crippen LogP contribution in [-0.2, 0) is 9.59 Å². The van der Waals surface area contributed by atoms with Gasteiger partial charge in [0.1, 0.15) is 5.54 Å². The fourth-order valence-corrected chi connectivity index (χ4v) is 2.84. The van der Waals surface area contributed by atoms with Gasteiger partial charge in [0.25, 0.3) is 0 Å². The first kappa shape index (κ1) is 16.0. The Kier molecular flexibility index (Phi) is 6.32. The third-order valence-corrected chi connectivity index (χ3v) is 4.45. The molecule has 1 rings (SSSR count). The number of amides is 1. The summed E-state index contributed by atoms with van der Waals surface area (Å²) in [6, 6.07) is 0. The van der Waals surface area contributed by atoms with E-state index in [0.29, 0.717) is 12.8 Å². The molecule has 110 valence electrons. The zero-order valence-corrected chi connectivity index (χ0v) is 12.2. The van der Waals surface area contributed by atoms with Crippen LogP contribution in [0.5, 0.6) is 0 Å². The highest BCUT2D eigenvalue weighted by atomic mass is 16.4. The van der Waals surface area contributed by atoms with E-state index in [2.05, 4.69) is 5.32 Å². The van der Waals surface area contributed by atoms with Crippen molar-refractivity contribution in [3.63, 3.8) is 0 Å². The number of rotatable bonds is 5. The highest BCUT2D eigenvalue weighted by Crippen LogP contribution is 2.24. The number of hydrogen-bond acceptors (Lipinski definition) is 2. The Bertz CT molecular complexity index is 303. The van der Waals surface area contributed by atoms with Crippen molar-refractivity contribution < 1.29 is 14.7 Å². The molecule has 4 nitrogen and oxygen atoms in total. The molecule has 0 radical (unpaired) electrons. The molecule has 19 heavy (non-hydrogen) atoms. The molecule has 0 saturated heterocycles. The summed E-state index contributed by atoms with van der Waals surface area (Å²) >= 11 is 0. The van der Waals surface area contributed by atoms with Gasteiger partial charge >= 0.3 is 5.97 Å². The van der Waals surface area contributed by atoms with Crippen LogP contribution in [0, 0.1) is 5.92 Å². The molecule has 0 bridgehead atoms. The maximum Gasteiger partial charge on any atom is 0.329 e. The first-order valence-electron chi connectivity index (χ1n) is 7.61. The number of hydrogen-bond donors (Lipinski definition) is 2. The summed E-state index contributed by atoms with van der Waals surface area (Å²) in [6.45, 7) is 3.63. The fraction of sp³-hybridized carbons (Fsp3) is 0.867. The largest absolute Gasteiger partial charge is 0.480 e. The first-order chi connectivity index (χ1) is 9.05. The molecule has 1 saturated carbocycles. The van der Waals surface area contributed by atoms with Gasteiger partial charge in [-0.25, -0.2) is 4.79 Å². The number of carbonyl (C=O) groups is 2. The Balaban J connectivity index is 2.67. The lowest BCUT2D eigenvalue weighted by Gasteiger charge is -2.30. The van der Waals surface area contributed by atoms with E-state index < -0.39 is 11.5 Å². The van der Waals surface area contributed by atoms with Crippen molar-refractivity contribution >= 4 is 11.9 Å². The van der Waals surface area contributed by atoms with E-state index in [9.17, 15) is 14.7 Å². The maximum atomic E-state index is 12.3. The van der Waals surface area contributed by atoms with E-state index in [1.54, 1.807) is 0 Å². The molecule has 0 heterocycles. The standard InChI is InChI=1S/C15H27NO3/c1-3-15(4-2,14(18)19)16-13(17)12-10-8-6-5-7-9-11-12/h12H,3-11H2,1-2H3,(H,16,17)(H,18,19). The second kappa shape index (κ2) is 7.51. The van der Waals surface area contributed by atoms with Gasteiger partial charge < -0.3 is 10.4 Å². The van der Waals surface area contributed by atoms with Crippen molar-refractivity contribution in [2.45, 2.75) is 77.2 Å². The Morgan fingerprint density at radius 2 is 1.53 bits per heavy atom. The number of carbonyl (C=O) groups excluding carboxylic acids is 1. The quantitative estimate of drug-likeness (QED) is 0.806. The first-order valence-corrected chi connectivity index (χ1v) is 7.61. The van der Waals surface area contributed by atoms with E-state index in [0.717, 1.165) is 25.7 Å². The summed E-state index contributed by atoms with van der Waals surface area (Å²) < 4.78 is 0. The molecule has 1 fully saturated rings. The minimum absolute atomic E-state index is 0.00266. The number of aliphatic carboxylic acids is 1. The highest BCUT2D eigenvalue weighted by molar-refractivity contribution is 5.88. The van der Waals surface area contributed by atoms with Crippen molar-refractivity contribution in [2.24, 2.45) is 5.92 Å². The van der Waals surface area contributed by atoms with Crippen LogP contribution in [-0.4, -0.2) is 22.5 Å². The minimum Gasteiger partial charge on any atom is -0.480 e. The predicted octanol–water partition coefficient (Wildman–Crippen LogP) is 3.11. The summed E-state index contributed by atoms with van der Waals surface area (Å²) in [5, 5.41) is 12.2. The summed E-state index contributed by atoms with van der Waals surface area (Å²) in [5.74, 6) is -0.984. The lowest BCUT2D eigenvalue weighted by Crippen LogP contribution is -2.55.